The number of Topliss-reactive ketones (excluding diaryl/α,β-unsaturated/α-hetero) is 1. The number of nitrogens with one attached hydrogen (secondary N) is 1. The number of benzene rings is 1. The van der Waals surface area contributed by atoms with Crippen LogP contribution in [0.4, 0.5) is 4.39 Å². The SMILES string of the molecule is CCc1c(F)ccc2c1C(=O)C1C=NNC1C2. The van der Waals surface area contributed by atoms with Crippen LogP contribution >= 0.6 is 0 Å². The number of nitrogens with zero attached hydrogens (tertiary/aromatic N) is 1. The molecule has 3 rings (SSSR count). The van der Waals surface area contributed by atoms with E-state index in [1.54, 1.807) is 12.3 Å². The standard InChI is InChI=1S/C13H13FN2O/c1-2-8-10(14)4-3-7-5-11-9(6-15-16-11)13(17)12(7)8/h3-4,6,9,11,16H,2,5H2,1H3. The van der Waals surface area contributed by atoms with Crippen molar-refractivity contribution in [1.29, 1.82) is 0 Å². The Morgan fingerprint density at radius 2 is 2.35 bits per heavy atom. The van der Waals surface area contributed by atoms with Crippen molar-refractivity contribution in [3.63, 3.8) is 0 Å². The van der Waals surface area contributed by atoms with Gasteiger partial charge >= 0.3 is 0 Å². The van der Waals surface area contributed by atoms with E-state index in [2.05, 4.69) is 10.5 Å². The van der Waals surface area contributed by atoms with E-state index in [0.717, 1.165) is 12.0 Å². The molecule has 0 saturated carbocycles. The molecule has 1 aromatic rings. The highest BCUT2D eigenvalue weighted by Crippen LogP contribution is 2.31. The highest BCUT2D eigenvalue weighted by atomic mass is 19.1. The molecule has 0 spiro atoms. The molecular weight excluding hydrogens is 219 g/mol. The third-order valence-electron chi connectivity index (χ3n) is 3.59. The van der Waals surface area contributed by atoms with Crippen LogP contribution in [-0.2, 0) is 12.8 Å². The van der Waals surface area contributed by atoms with Crippen molar-refractivity contribution in [2.75, 3.05) is 0 Å². The number of carbonyl (C=O) groups excluding carboxylic acids is 1. The molecule has 2 aliphatic rings. The Labute approximate surface area is 98.7 Å². The number of ketones is 1. The highest BCUT2D eigenvalue weighted by molar-refractivity contribution is 6.10. The lowest BCUT2D eigenvalue weighted by Gasteiger charge is -2.26. The Morgan fingerprint density at radius 1 is 1.53 bits per heavy atom. The summed E-state index contributed by atoms with van der Waals surface area (Å²) in [5, 5.41) is 3.95. The number of rotatable bonds is 1. The molecule has 2 unspecified atom stereocenters. The van der Waals surface area contributed by atoms with E-state index in [-0.39, 0.29) is 23.6 Å². The van der Waals surface area contributed by atoms with Gasteiger partial charge in [-0.25, -0.2) is 4.39 Å². The van der Waals surface area contributed by atoms with Gasteiger partial charge in [-0.2, -0.15) is 5.10 Å². The van der Waals surface area contributed by atoms with Crippen molar-refractivity contribution < 1.29 is 9.18 Å². The van der Waals surface area contributed by atoms with Gasteiger partial charge in [-0.05, 0) is 30.0 Å². The number of hydrogen-bond acceptors (Lipinski definition) is 3. The zero-order chi connectivity index (χ0) is 12.0. The van der Waals surface area contributed by atoms with Gasteiger partial charge in [-0.1, -0.05) is 13.0 Å². The maximum Gasteiger partial charge on any atom is 0.174 e. The summed E-state index contributed by atoms with van der Waals surface area (Å²) in [6.45, 7) is 1.87. The first kappa shape index (κ1) is 10.4. The quantitative estimate of drug-likeness (QED) is 0.800. The molecule has 0 radical (unpaired) electrons. The minimum atomic E-state index is -0.277. The summed E-state index contributed by atoms with van der Waals surface area (Å²) in [4.78, 5) is 12.3. The van der Waals surface area contributed by atoms with Gasteiger partial charge in [0, 0.05) is 11.8 Å². The van der Waals surface area contributed by atoms with Gasteiger partial charge in [-0.15, -0.1) is 0 Å². The molecule has 0 aromatic heterocycles. The molecule has 1 aliphatic heterocycles. The van der Waals surface area contributed by atoms with Crippen molar-refractivity contribution in [2.45, 2.75) is 25.8 Å². The van der Waals surface area contributed by atoms with E-state index in [9.17, 15) is 9.18 Å². The Kier molecular flexibility index (Phi) is 2.24. The number of halogens is 1. The minimum absolute atomic E-state index is 0.00125. The topological polar surface area (TPSA) is 41.5 Å². The van der Waals surface area contributed by atoms with Crippen molar-refractivity contribution in [1.82, 2.24) is 5.43 Å². The normalized spacial score (nSPS) is 25.4. The molecule has 0 bridgehead atoms. The maximum atomic E-state index is 13.7. The average molecular weight is 232 g/mol. The van der Waals surface area contributed by atoms with Crippen LogP contribution in [0.15, 0.2) is 17.2 Å². The van der Waals surface area contributed by atoms with E-state index in [1.807, 2.05) is 6.92 Å². The van der Waals surface area contributed by atoms with Crippen LogP contribution in [0.1, 0.15) is 28.4 Å². The van der Waals surface area contributed by atoms with Crippen LogP contribution in [0.3, 0.4) is 0 Å². The summed E-state index contributed by atoms with van der Waals surface area (Å²) >= 11 is 0. The Morgan fingerprint density at radius 3 is 3.12 bits per heavy atom. The van der Waals surface area contributed by atoms with Gasteiger partial charge in [-0.3, -0.25) is 4.79 Å². The summed E-state index contributed by atoms with van der Waals surface area (Å²) in [5.74, 6) is -0.503. The second-order valence-electron chi connectivity index (χ2n) is 4.52. The number of carbonyl (C=O) groups is 1. The number of fused-ring (bicyclic) bond motifs is 2. The Hall–Kier alpha value is -1.71. The summed E-state index contributed by atoms with van der Waals surface area (Å²) in [7, 11) is 0. The third-order valence-corrected chi connectivity index (χ3v) is 3.59. The summed E-state index contributed by atoms with van der Waals surface area (Å²) in [5.41, 5.74) is 5.01. The zero-order valence-electron chi connectivity index (χ0n) is 9.53. The van der Waals surface area contributed by atoms with Gasteiger partial charge in [0.25, 0.3) is 0 Å². The van der Waals surface area contributed by atoms with Crippen LogP contribution in [0.25, 0.3) is 0 Å². The van der Waals surface area contributed by atoms with Gasteiger partial charge in [0.2, 0.25) is 0 Å². The van der Waals surface area contributed by atoms with E-state index in [1.165, 1.54) is 6.07 Å². The lowest BCUT2D eigenvalue weighted by Crippen LogP contribution is -2.40. The van der Waals surface area contributed by atoms with Gasteiger partial charge in [0.05, 0.1) is 12.0 Å². The molecule has 0 saturated heterocycles. The molecule has 4 heteroatoms. The average Bonchev–Trinajstić information content (AvgIpc) is 2.78. The molecule has 1 N–H and O–H groups in total. The number of hydrazone groups is 1. The van der Waals surface area contributed by atoms with Gasteiger partial charge in [0.1, 0.15) is 5.82 Å². The largest absolute Gasteiger partial charge is 0.306 e. The first-order valence-electron chi connectivity index (χ1n) is 5.85. The van der Waals surface area contributed by atoms with E-state index >= 15 is 0 Å². The fourth-order valence-corrected chi connectivity index (χ4v) is 2.72. The molecule has 1 aliphatic carbocycles. The molecule has 88 valence electrons. The Bertz CT molecular complexity index is 524. The second kappa shape index (κ2) is 3.65. The van der Waals surface area contributed by atoms with Crippen molar-refractivity contribution in [3.8, 4) is 0 Å². The predicted molar refractivity (Wildman–Crippen MR) is 62.7 cm³/mol. The fraction of sp³-hybridized carbons (Fsp3) is 0.385. The molecule has 17 heavy (non-hydrogen) atoms. The third kappa shape index (κ3) is 1.40. The summed E-state index contributed by atoms with van der Waals surface area (Å²) in [6.07, 6.45) is 2.92. The first-order valence-corrected chi connectivity index (χ1v) is 5.85. The lowest BCUT2D eigenvalue weighted by molar-refractivity contribution is 0.0929. The predicted octanol–water partition coefficient (Wildman–Crippen LogP) is 1.70. The molecular formula is C13H13FN2O. The highest BCUT2D eigenvalue weighted by Gasteiger charge is 2.38. The maximum absolute atomic E-state index is 13.7. The summed E-state index contributed by atoms with van der Waals surface area (Å²) in [6, 6.07) is 3.23. The smallest absolute Gasteiger partial charge is 0.174 e. The second-order valence-corrected chi connectivity index (χ2v) is 4.52. The Balaban J connectivity index is 2.17. The molecule has 0 amide bonds. The van der Waals surface area contributed by atoms with Gasteiger partial charge in [0.15, 0.2) is 5.78 Å². The molecule has 0 fully saturated rings. The van der Waals surface area contributed by atoms with Crippen molar-refractivity contribution in [2.24, 2.45) is 11.0 Å². The van der Waals surface area contributed by atoms with Crippen LogP contribution in [0, 0.1) is 11.7 Å². The molecule has 3 nitrogen and oxygen atoms in total. The van der Waals surface area contributed by atoms with E-state index in [4.69, 9.17) is 0 Å². The minimum Gasteiger partial charge on any atom is -0.306 e. The molecule has 1 heterocycles. The first-order chi connectivity index (χ1) is 8.22. The molecule has 1 aromatic carbocycles. The van der Waals surface area contributed by atoms with E-state index < -0.39 is 0 Å². The fourth-order valence-electron chi connectivity index (χ4n) is 2.72. The van der Waals surface area contributed by atoms with Crippen molar-refractivity contribution >= 4 is 12.0 Å². The van der Waals surface area contributed by atoms with Crippen LogP contribution in [0.2, 0.25) is 0 Å². The monoisotopic (exact) mass is 232 g/mol. The lowest BCUT2D eigenvalue weighted by atomic mass is 9.78. The van der Waals surface area contributed by atoms with Crippen LogP contribution in [-0.4, -0.2) is 18.0 Å². The molecule has 2 atom stereocenters. The zero-order valence-corrected chi connectivity index (χ0v) is 9.53. The number of hydrogen-bond donors (Lipinski definition) is 1. The van der Waals surface area contributed by atoms with Crippen LogP contribution < -0.4 is 5.43 Å². The van der Waals surface area contributed by atoms with Gasteiger partial charge < -0.3 is 5.43 Å². The van der Waals surface area contributed by atoms with Crippen molar-refractivity contribution in [3.05, 3.63) is 34.6 Å². The van der Waals surface area contributed by atoms with E-state index in [0.29, 0.717) is 17.5 Å². The van der Waals surface area contributed by atoms with Crippen LogP contribution in [0.5, 0.6) is 0 Å². The summed E-state index contributed by atoms with van der Waals surface area (Å²) < 4.78 is 13.7.